The monoisotopic (exact) mass is 191 g/mol. The van der Waals surface area contributed by atoms with Gasteiger partial charge in [-0.3, -0.25) is 0 Å². The summed E-state index contributed by atoms with van der Waals surface area (Å²) >= 11 is 5.05. The number of nitrogens with one attached hydrogen (secondary N) is 1. The van der Waals surface area contributed by atoms with E-state index in [-0.39, 0.29) is 0 Å². The number of fused-ring (bicyclic) bond motifs is 1. The van der Waals surface area contributed by atoms with Crippen LogP contribution in [0.1, 0.15) is 30.5 Å². The van der Waals surface area contributed by atoms with Crippen LogP contribution in [0.2, 0.25) is 0 Å². The van der Waals surface area contributed by atoms with Crippen LogP contribution in [0.25, 0.3) is 0 Å². The van der Waals surface area contributed by atoms with Crippen LogP contribution in [0, 0.1) is 0 Å². The van der Waals surface area contributed by atoms with Crippen LogP contribution in [-0.2, 0) is 6.42 Å². The highest BCUT2D eigenvalue weighted by Gasteiger charge is 2.20. The minimum Gasteiger partial charge on any atom is -0.373 e. The number of thiocarbonyl (C=S) groups is 1. The number of rotatable bonds is 1. The molecule has 0 radical (unpaired) electrons. The van der Waals surface area contributed by atoms with Gasteiger partial charge in [0.15, 0.2) is 0 Å². The molecule has 0 aliphatic heterocycles. The Labute approximate surface area is 84.2 Å². The fourth-order valence-electron chi connectivity index (χ4n) is 1.95. The maximum atomic E-state index is 5.05. The molecule has 0 saturated heterocycles. The van der Waals surface area contributed by atoms with Crippen LogP contribution < -0.4 is 5.32 Å². The van der Waals surface area contributed by atoms with Crippen molar-refractivity contribution in [2.45, 2.75) is 25.8 Å². The fourth-order valence-corrected chi connectivity index (χ4v) is 2.09. The minimum atomic E-state index is 0.452. The largest absolute Gasteiger partial charge is 0.373 e. The SMILES string of the molecule is CC(=S)N[C@H]1CCc2ccccc21. The molecule has 1 N–H and O–H groups in total. The molecular formula is C11H13NS. The first-order valence-electron chi connectivity index (χ1n) is 4.62. The molecule has 0 aromatic heterocycles. The summed E-state index contributed by atoms with van der Waals surface area (Å²) in [5, 5.41) is 3.33. The predicted molar refractivity (Wildman–Crippen MR) is 58.9 cm³/mol. The van der Waals surface area contributed by atoms with Crippen molar-refractivity contribution in [3.63, 3.8) is 0 Å². The predicted octanol–water partition coefficient (Wildman–Crippen LogP) is 2.61. The summed E-state index contributed by atoms with van der Waals surface area (Å²) in [5.41, 5.74) is 2.89. The van der Waals surface area contributed by atoms with Gasteiger partial charge in [-0.1, -0.05) is 36.5 Å². The van der Waals surface area contributed by atoms with Crippen molar-refractivity contribution in [3.05, 3.63) is 35.4 Å². The third-order valence-corrected chi connectivity index (χ3v) is 2.63. The van der Waals surface area contributed by atoms with E-state index in [2.05, 4.69) is 29.6 Å². The third-order valence-electron chi connectivity index (χ3n) is 2.51. The highest BCUT2D eigenvalue weighted by atomic mass is 32.1. The Morgan fingerprint density at radius 3 is 3.00 bits per heavy atom. The quantitative estimate of drug-likeness (QED) is 0.685. The Kier molecular flexibility index (Phi) is 2.32. The van der Waals surface area contributed by atoms with Crippen molar-refractivity contribution >= 4 is 17.2 Å². The van der Waals surface area contributed by atoms with Crippen LogP contribution in [0.5, 0.6) is 0 Å². The molecule has 0 amide bonds. The molecule has 2 heteroatoms. The van der Waals surface area contributed by atoms with E-state index in [1.54, 1.807) is 0 Å². The lowest BCUT2D eigenvalue weighted by Crippen LogP contribution is -2.22. The summed E-state index contributed by atoms with van der Waals surface area (Å²) in [6.45, 7) is 1.94. The van der Waals surface area contributed by atoms with E-state index in [0.29, 0.717) is 6.04 Å². The van der Waals surface area contributed by atoms with Gasteiger partial charge in [0.05, 0.1) is 11.0 Å². The van der Waals surface area contributed by atoms with E-state index in [9.17, 15) is 0 Å². The molecule has 1 aromatic rings. The third kappa shape index (κ3) is 1.73. The molecular weight excluding hydrogens is 178 g/mol. The van der Waals surface area contributed by atoms with E-state index in [0.717, 1.165) is 4.99 Å². The summed E-state index contributed by atoms with van der Waals surface area (Å²) < 4.78 is 0. The zero-order valence-corrected chi connectivity index (χ0v) is 8.53. The lowest BCUT2D eigenvalue weighted by molar-refractivity contribution is 0.643. The Hall–Kier alpha value is -0.890. The average Bonchev–Trinajstić information content (AvgIpc) is 2.48. The molecule has 68 valence electrons. The van der Waals surface area contributed by atoms with Crippen LogP contribution in [-0.4, -0.2) is 4.99 Å². The lowest BCUT2D eigenvalue weighted by Gasteiger charge is -2.13. The van der Waals surface area contributed by atoms with Gasteiger partial charge < -0.3 is 5.32 Å². The first-order chi connectivity index (χ1) is 6.27. The molecule has 1 aromatic carbocycles. The first kappa shape index (κ1) is 8.70. The van der Waals surface area contributed by atoms with Crippen molar-refractivity contribution in [1.82, 2.24) is 5.32 Å². The normalized spacial score (nSPS) is 19.6. The van der Waals surface area contributed by atoms with Crippen molar-refractivity contribution < 1.29 is 0 Å². The van der Waals surface area contributed by atoms with Crippen LogP contribution in [0.4, 0.5) is 0 Å². The number of hydrogen-bond donors (Lipinski definition) is 1. The molecule has 1 nitrogen and oxygen atoms in total. The molecule has 1 atom stereocenters. The van der Waals surface area contributed by atoms with Crippen molar-refractivity contribution in [1.29, 1.82) is 0 Å². The lowest BCUT2D eigenvalue weighted by atomic mass is 10.1. The van der Waals surface area contributed by atoms with Gasteiger partial charge in [-0.2, -0.15) is 0 Å². The van der Waals surface area contributed by atoms with Gasteiger partial charge in [-0.05, 0) is 30.9 Å². The molecule has 0 unspecified atom stereocenters. The summed E-state index contributed by atoms with van der Waals surface area (Å²) in [6.07, 6.45) is 2.35. The summed E-state index contributed by atoms with van der Waals surface area (Å²) in [4.78, 5) is 0.890. The molecule has 1 aliphatic rings. The highest BCUT2D eigenvalue weighted by molar-refractivity contribution is 7.80. The molecule has 0 bridgehead atoms. The topological polar surface area (TPSA) is 12.0 Å². The Morgan fingerprint density at radius 2 is 2.23 bits per heavy atom. The number of hydrogen-bond acceptors (Lipinski definition) is 1. The standard InChI is InChI=1S/C11H13NS/c1-8(13)12-11-7-6-9-4-2-3-5-10(9)11/h2-5,11H,6-7H2,1H3,(H,12,13)/t11-/m0/s1. The van der Waals surface area contributed by atoms with Gasteiger partial charge in [0.25, 0.3) is 0 Å². The molecule has 0 spiro atoms. The minimum absolute atomic E-state index is 0.452. The highest BCUT2D eigenvalue weighted by Crippen LogP contribution is 2.30. The van der Waals surface area contributed by atoms with E-state index >= 15 is 0 Å². The van der Waals surface area contributed by atoms with Crippen molar-refractivity contribution in [3.8, 4) is 0 Å². The van der Waals surface area contributed by atoms with Crippen molar-refractivity contribution in [2.75, 3.05) is 0 Å². The van der Waals surface area contributed by atoms with Gasteiger partial charge in [-0.25, -0.2) is 0 Å². The molecule has 2 rings (SSSR count). The smallest absolute Gasteiger partial charge is 0.0726 e. The summed E-state index contributed by atoms with van der Waals surface area (Å²) in [6, 6.07) is 9.05. The summed E-state index contributed by atoms with van der Waals surface area (Å²) in [7, 11) is 0. The van der Waals surface area contributed by atoms with Crippen LogP contribution in [0.3, 0.4) is 0 Å². The molecule has 1 aliphatic carbocycles. The zero-order chi connectivity index (χ0) is 9.26. The molecule has 0 heterocycles. The van der Waals surface area contributed by atoms with Gasteiger partial charge in [0.1, 0.15) is 0 Å². The van der Waals surface area contributed by atoms with E-state index in [4.69, 9.17) is 12.2 Å². The Balaban J connectivity index is 2.23. The number of benzene rings is 1. The van der Waals surface area contributed by atoms with Gasteiger partial charge in [0, 0.05) is 0 Å². The van der Waals surface area contributed by atoms with Gasteiger partial charge in [-0.15, -0.1) is 0 Å². The Bertz CT molecular complexity index is 333. The maximum Gasteiger partial charge on any atom is 0.0726 e. The second-order valence-electron chi connectivity index (χ2n) is 3.49. The zero-order valence-electron chi connectivity index (χ0n) is 7.71. The molecule has 0 fully saturated rings. The molecule has 0 saturated carbocycles. The van der Waals surface area contributed by atoms with Gasteiger partial charge >= 0.3 is 0 Å². The fraction of sp³-hybridized carbons (Fsp3) is 0.364. The molecule has 13 heavy (non-hydrogen) atoms. The van der Waals surface area contributed by atoms with Gasteiger partial charge in [0.2, 0.25) is 0 Å². The van der Waals surface area contributed by atoms with E-state index in [1.807, 2.05) is 6.92 Å². The van der Waals surface area contributed by atoms with E-state index < -0.39 is 0 Å². The second-order valence-corrected chi connectivity index (χ2v) is 4.10. The first-order valence-corrected chi connectivity index (χ1v) is 5.03. The average molecular weight is 191 g/mol. The summed E-state index contributed by atoms with van der Waals surface area (Å²) in [5.74, 6) is 0. The van der Waals surface area contributed by atoms with Crippen LogP contribution in [0.15, 0.2) is 24.3 Å². The Morgan fingerprint density at radius 1 is 1.46 bits per heavy atom. The maximum absolute atomic E-state index is 5.05. The second kappa shape index (κ2) is 3.46. The van der Waals surface area contributed by atoms with E-state index in [1.165, 1.54) is 24.0 Å². The van der Waals surface area contributed by atoms with Crippen molar-refractivity contribution in [2.24, 2.45) is 0 Å². The number of aryl methyl sites for hydroxylation is 1. The van der Waals surface area contributed by atoms with Crippen LogP contribution >= 0.6 is 12.2 Å².